The second-order valence-electron chi connectivity index (χ2n) is 12.7. The van der Waals surface area contributed by atoms with Crippen molar-refractivity contribution in [2.24, 2.45) is 11.7 Å². The molecule has 240 valence electrons. The minimum Gasteiger partial charge on any atom is -0.344 e. The number of hydrogen-bond donors (Lipinski definition) is 4. The molecule has 11 heteroatoms. The van der Waals surface area contributed by atoms with Crippen molar-refractivity contribution in [1.82, 2.24) is 35.1 Å². The average Bonchev–Trinajstić information content (AvgIpc) is 3.83. The maximum absolute atomic E-state index is 13.4. The van der Waals surface area contributed by atoms with Crippen LogP contribution < -0.4 is 11.1 Å². The van der Waals surface area contributed by atoms with Gasteiger partial charge in [-0.05, 0) is 53.9 Å². The van der Waals surface area contributed by atoms with Crippen molar-refractivity contribution in [3.63, 3.8) is 0 Å². The summed E-state index contributed by atoms with van der Waals surface area (Å²) in [7, 11) is 0. The lowest BCUT2D eigenvalue weighted by atomic mass is 10.0. The SMILES string of the molecule is CC(=O)N[C@H](C(=O)N1CCC[C@H]1c1ncc(-c2ccc(-c3ccc(-c4cnc(CN5CCC[C@H](N)C5=O)[nH]4)cc3)cc2)[nH]1)C(C)C. The van der Waals surface area contributed by atoms with Crippen LogP contribution in [0.15, 0.2) is 60.9 Å². The minimum absolute atomic E-state index is 0.0133. The number of aromatic nitrogens is 4. The van der Waals surface area contributed by atoms with Crippen molar-refractivity contribution in [2.75, 3.05) is 13.1 Å². The number of benzene rings is 2. The highest BCUT2D eigenvalue weighted by Crippen LogP contribution is 2.33. The third-order valence-corrected chi connectivity index (χ3v) is 9.00. The third kappa shape index (κ3) is 6.60. The van der Waals surface area contributed by atoms with Crippen LogP contribution in [0.3, 0.4) is 0 Å². The molecule has 46 heavy (non-hydrogen) atoms. The van der Waals surface area contributed by atoms with Gasteiger partial charge in [0.1, 0.15) is 17.7 Å². The Morgan fingerprint density at radius 3 is 2.11 bits per heavy atom. The van der Waals surface area contributed by atoms with Crippen molar-refractivity contribution in [2.45, 2.75) is 71.1 Å². The van der Waals surface area contributed by atoms with Gasteiger partial charge in [0.15, 0.2) is 0 Å². The molecule has 0 saturated carbocycles. The zero-order chi connectivity index (χ0) is 32.4. The molecule has 2 aliphatic heterocycles. The molecule has 5 N–H and O–H groups in total. The van der Waals surface area contributed by atoms with Crippen molar-refractivity contribution in [3.8, 4) is 33.6 Å². The molecule has 2 fully saturated rings. The molecule has 4 heterocycles. The summed E-state index contributed by atoms with van der Waals surface area (Å²) in [4.78, 5) is 57.1. The Kier molecular flexibility index (Phi) is 9.03. The minimum atomic E-state index is -0.553. The fraction of sp³-hybridized carbons (Fsp3) is 0.400. The van der Waals surface area contributed by atoms with E-state index >= 15 is 0 Å². The first-order valence-electron chi connectivity index (χ1n) is 16.1. The molecule has 0 unspecified atom stereocenters. The fourth-order valence-corrected chi connectivity index (χ4v) is 6.46. The lowest BCUT2D eigenvalue weighted by molar-refractivity contribution is -0.138. The summed E-state index contributed by atoms with van der Waals surface area (Å²) in [5.74, 6) is 1.21. The second kappa shape index (κ2) is 13.3. The topological polar surface area (TPSA) is 153 Å². The monoisotopic (exact) mass is 622 g/mol. The number of nitrogens with one attached hydrogen (secondary N) is 3. The molecule has 0 spiro atoms. The summed E-state index contributed by atoms with van der Waals surface area (Å²) in [5, 5.41) is 2.83. The van der Waals surface area contributed by atoms with Gasteiger partial charge in [0, 0.05) is 20.0 Å². The summed E-state index contributed by atoms with van der Waals surface area (Å²) < 4.78 is 0. The molecular formula is C35H42N8O3. The molecule has 2 aliphatic rings. The molecular weight excluding hydrogens is 580 g/mol. The van der Waals surface area contributed by atoms with Crippen LogP contribution in [0.5, 0.6) is 0 Å². The van der Waals surface area contributed by atoms with Gasteiger partial charge in [-0.25, -0.2) is 9.97 Å². The summed E-state index contributed by atoms with van der Waals surface area (Å²) in [6.45, 7) is 7.12. The number of aromatic amines is 2. The van der Waals surface area contributed by atoms with Gasteiger partial charge in [0.25, 0.3) is 0 Å². The third-order valence-electron chi connectivity index (χ3n) is 9.00. The van der Waals surface area contributed by atoms with Crippen LogP contribution in [0.2, 0.25) is 0 Å². The summed E-state index contributed by atoms with van der Waals surface area (Å²) >= 11 is 0. The summed E-state index contributed by atoms with van der Waals surface area (Å²) in [6, 6.07) is 15.5. The number of nitrogens with two attached hydrogens (primary N) is 1. The maximum Gasteiger partial charge on any atom is 0.246 e. The van der Waals surface area contributed by atoms with Crippen molar-refractivity contribution in [3.05, 3.63) is 72.6 Å². The smallest absolute Gasteiger partial charge is 0.246 e. The molecule has 0 bridgehead atoms. The van der Waals surface area contributed by atoms with E-state index in [1.807, 2.05) is 24.9 Å². The molecule has 6 rings (SSSR count). The zero-order valence-corrected chi connectivity index (χ0v) is 26.6. The maximum atomic E-state index is 13.4. The Hall–Kier alpha value is -4.77. The van der Waals surface area contributed by atoms with Crippen LogP contribution in [-0.4, -0.2) is 72.6 Å². The van der Waals surface area contributed by atoms with Crippen LogP contribution in [-0.2, 0) is 20.9 Å². The van der Waals surface area contributed by atoms with E-state index in [4.69, 9.17) is 5.73 Å². The Morgan fingerprint density at radius 1 is 0.891 bits per heavy atom. The van der Waals surface area contributed by atoms with Crippen molar-refractivity contribution in [1.29, 1.82) is 0 Å². The highest BCUT2D eigenvalue weighted by molar-refractivity contribution is 5.87. The second-order valence-corrected chi connectivity index (χ2v) is 12.7. The normalized spacial score (nSPS) is 19.1. The van der Waals surface area contributed by atoms with Gasteiger partial charge in [-0.2, -0.15) is 0 Å². The molecule has 4 aromatic rings. The number of H-pyrrole nitrogens is 2. The van der Waals surface area contributed by atoms with Crippen LogP contribution in [0.1, 0.15) is 64.1 Å². The molecule has 2 saturated heterocycles. The quantitative estimate of drug-likeness (QED) is 0.217. The molecule has 0 radical (unpaired) electrons. The molecule has 3 atom stereocenters. The predicted octanol–water partition coefficient (Wildman–Crippen LogP) is 4.41. The van der Waals surface area contributed by atoms with Gasteiger partial charge in [-0.3, -0.25) is 14.4 Å². The van der Waals surface area contributed by atoms with E-state index in [0.29, 0.717) is 19.6 Å². The van der Waals surface area contributed by atoms with Crippen LogP contribution in [0.4, 0.5) is 0 Å². The summed E-state index contributed by atoms with van der Waals surface area (Å²) in [6.07, 6.45) is 6.99. The van der Waals surface area contributed by atoms with E-state index in [0.717, 1.165) is 71.0 Å². The van der Waals surface area contributed by atoms with Crippen LogP contribution >= 0.6 is 0 Å². The number of imidazole rings is 2. The van der Waals surface area contributed by atoms with E-state index in [2.05, 4.69) is 73.8 Å². The van der Waals surface area contributed by atoms with Crippen molar-refractivity contribution >= 4 is 17.7 Å². The first kappa shape index (κ1) is 31.2. The first-order valence-corrected chi connectivity index (χ1v) is 16.1. The largest absolute Gasteiger partial charge is 0.344 e. The molecule has 11 nitrogen and oxygen atoms in total. The molecule has 0 aliphatic carbocycles. The van der Waals surface area contributed by atoms with Gasteiger partial charge in [-0.1, -0.05) is 62.4 Å². The number of nitrogens with zero attached hydrogens (tertiary/aromatic N) is 4. The number of piperidine rings is 1. The van der Waals surface area contributed by atoms with Gasteiger partial charge >= 0.3 is 0 Å². The summed E-state index contributed by atoms with van der Waals surface area (Å²) in [5.41, 5.74) is 11.9. The number of likely N-dealkylation sites (tertiary alicyclic amines) is 2. The lowest BCUT2D eigenvalue weighted by Gasteiger charge is -2.30. The van der Waals surface area contributed by atoms with Gasteiger partial charge in [-0.15, -0.1) is 0 Å². The lowest BCUT2D eigenvalue weighted by Crippen LogP contribution is -2.50. The van der Waals surface area contributed by atoms with Crippen LogP contribution in [0, 0.1) is 5.92 Å². The predicted molar refractivity (Wildman–Crippen MR) is 176 cm³/mol. The zero-order valence-electron chi connectivity index (χ0n) is 26.6. The first-order chi connectivity index (χ1) is 22.2. The average molecular weight is 623 g/mol. The molecule has 2 aromatic carbocycles. The highest BCUT2D eigenvalue weighted by Gasteiger charge is 2.37. The number of carbonyl (C=O) groups excluding carboxylic acids is 3. The van der Waals surface area contributed by atoms with Gasteiger partial charge in [0.05, 0.1) is 42.4 Å². The number of amides is 3. The van der Waals surface area contributed by atoms with E-state index in [1.54, 1.807) is 11.1 Å². The Bertz CT molecular complexity index is 1690. The highest BCUT2D eigenvalue weighted by atomic mass is 16.2. The fourth-order valence-electron chi connectivity index (χ4n) is 6.46. The number of rotatable bonds is 9. The van der Waals surface area contributed by atoms with E-state index < -0.39 is 12.1 Å². The number of carbonyl (C=O) groups is 3. The van der Waals surface area contributed by atoms with Gasteiger partial charge < -0.3 is 30.8 Å². The molecule has 3 amide bonds. The van der Waals surface area contributed by atoms with Gasteiger partial charge in [0.2, 0.25) is 17.7 Å². The van der Waals surface area contributed by atoms with Crippen LogP contribution in [0.25, 0.3) is 33.6 Å². The van der Waals surface area contributed by atoms with E-state index in [-0.39, 0.29) is 29.7 Å². The number of hydrogen-bond acceptors (Lipinski definition) is 6. The molecule has 2 aromatic heterocycles. The van der Waals surface area contributed by atoms with E-state index in [9.17, 15) is 14.4 Å². The Balaban J connectivity index is 1.10. The van der Waals surface area contributed by atoms with Crippen molar-refractivity contribution < 1.29 is 14.4 Å². The van der Waals surface area contributed by atoms with E-state index in [1.165, 1.54) is 6.92 Å². The Morgan fingerprint density at radius 2 is 1.48 bits per heavy atom. The Labute approximate surface area is 269 Å². The standard InChI is InChI=1S/C35H42N8O3/c1-21(2)32(39-22(3)44)35(46)43-17-5-7-30(43)33-38-19-29(41-33)26-14-10-24(11-15-26)23-8-12-25(13-9-23)28-18-37-31(40-28)20-42-16-4-6-27(36)34(42)45/h8-15,18-19,21,27,30,32H,4-7,16-17,20,36H2,1-3H3,(H,37,40)(H,38,41)(H,39,44)/t27-,30-,32-/m0/s1.